The van der Waals surface area contributed by atoms with Gasteiger partial charge in [0, 0.05) is 36.3 Å². The summed E-state index contributed by atoms with van der Waals surface area (Å²) >= 11 is 0. The van der Waals surface area contributed by atoms with Crippen molar-refractivity contribution in [3.05, 3.63) is 54.0 Å². The van der Waals surface area contributed by atoms with Crippen LogP contribution in [0, 0.1) is 5.92 Å². The SMILES string of the molecule is C=C(C)C(=O)N1C=CC(N2CCOc3cc(C(=O)N4CCCC5CC54)cnc32)=CC1N. The molecule has 3 unspecified atom stereocenters. The number of hydrogen-bond donors (Lipinski definition) is 1. The molecule has 3 aliphatic heterocycles. The monoisotopic (exact) mass is 421 g/mol. The lowest BCUT2D eigenvalue weighted by atomic mass is 10.1. The van der Waals surface area contributed by atoms with E-state index in [1.165, 1.54) is 11.3 Å². The molecule has 5 rings (SSSR count). The fraction of sp³-hybridized carbons (Fsp3) is 0.435. The van der Waals surface area contributed by atoms with Crippen molar-refractivity contribution in [3.8, 4) is 5.75 Å². The predicted molar refractivity (Wildman–Crippen MR) is 116 cm³/mol. The molecule has 2 fully saturated rings. The molecule has 1 aromatic rings. The molecule has 162 valence electrons. The average Bonchev–Trinajstić information content (AvgIpc) is 3.57. The summed E-state index contributed by atoms with van der Waals surface area (Å²) < 4.78 is 5.84. The molecule has 1 saturated heterocycles. The van der Waals surface area contributed by atoms with Crippen LogP contribution in [0.4, 0.5) is 5.82 Å². The highest BCUT2D eigenvalue weighted by atomic mass is 16.5. The summed E-state index contributed by atoms with van der Waals surface area (Å²) in [6, 6.07) is 2.20. The third-order valence-electron chi connectivity index (χ3n) is 6.41. The van der Waals surface area contributed by atoms with Crippen molar-refractivity contribution >= 4 is 17.6 Å². The van der Waals surface area contributed by atoms with E-state index in [2.05, 4.69) is 11.6 Å². The number of rotatable bonds is 3. The number of carbonyl (C=O) groups is 2. The van der Waals surface area contributed by atoms with Crippen molar-refractivity contribution in [1.82, 2.24) is 14.8 Å². The Morgan fingerprint density at radius 3 is 2.94 bits per heavy atom. The van der Waals surface area contributed by atoms with Crippen LogP contribution in [0.25, 0.3) is 0 Å². The van der Waals surface area contributed by atoms with E-state index in [1.54, 1.807) is 25.4 Å². The highest BCUT2D eigenvalue weighted by molar-refractivity contribution is 5.95. The minimum absolute atomic E-state index is 0.0379. The van der Waals surface area contributed by atoms with E-state index in [-0.39, 0.29) is 11.8 Å². The van der Waals surface area contributed by atoms with Crippen LogP contribution in [0.5, 0.6) is 5.75 Å². The summed E-state index contributed by atoms with van der Waals surface area (Å²) in [6.07, 6.45) is 9.79. The second kappa shape index (κ2) is 7.53. The van der Waals surface area contributed by atoms with E-state index >= 15 is 0 Å². The number of likely N-dealkylation sites (tertiary alicyclic amines) is 1. The summed E-state index contributed by atoms with van der Waals surface area (Å²) in [5, 5.41) is 0. The Morgan fingerprint density at radius 1 is 1.32 bits per heavy atom. The highest BCUT2D eigenvalue weighted by Gasteiger charge is 2.46. The second-order valence-electron chi connectivity index (χ2n) is 8.64. The van der Waals surface area contributed by atoms with Gasteiger partial charge in [-0.1, -0.05) is 6.58 Å². The zero-order valence-corrected chi connectivity index (χ0v) is 17.7. The van der Waals surface area contributed by atoms with Gasteiger partial charge in [0.15, 0.2) is 11.6 Å². The molecule has 0 bridgehead atoms. The van der Waals surface area contributed by atoms with Crippen LogP contribution in [-0.2, 0) is 4.79 Å². The van der Waals surface area contributed by atoms with E-state index in [0.717, 1.165) is 25.1 Å². The summed E-state index contributed by atoms with van der Waals surface area (Å²) in [6.45, 7) is 7.24. The molecule has 1 saturated carbocycles. The van der Waals surface area contributed by atoms with Gasteiger partial charge < -0.3 is 20.3 Å². The molecule has 0 spiro atoms. The van der Waals surface area contributed by atoms with Crippen LogP contribution < -0.4 is 15.4 Å². The number of amides is 2. The Bertz CT molecular complexity index is 1020. The molecule has 2 N–H and O–H groups in total. The molecular formula is C23H27N5O3. The van der Waals surface area contributed by atoms with Crippen molar-refractivity contribution in [2.24, 2.45) is 11.7 Å². The first kappa shape index (κ1) is 19.8. The van der Waals surface area contributed by atoms with Crippen LogP contribution in [0.2, 0.25) is 0 Å². The van der Waals surface area contributed by atoms with Gasteiger partial charge in [-0.3, -0.25) is 14.5 Å². The largest absolute Gasteiger partial charge is 0.488 e. The Labute approximate surface area is 181 Å². The Kier molecular flexibility index (Phi) is 4.81. The molecule has 0 radical (unpaired) electrons. The van der Waals surface area contributed by atoms with Crippen molar-refractivity contribution in [1.29, 1.82) is 0 Å². The van der Waals surface area contributed by atoms with Gasteiger partial charge in [0.1, 0.15) is 12.8 Å². The van der Waals surface area contributed by atoms with Gasteiger partial charge in [-0.15, -0.1) is 0 Å². The Morgan fingerprint density at radius 2 is 2.16 bits per heavy atom. The maximum absolute atomic E-state index is 13.0. The molecule has 8 nitrogen and oxygen atoms in total. The van der Waals surface area contributed by atoms with E-state index < -0.39 is 6.17 Å². The molecule has 2 amide bonds. The number of fused-ring (bicyclic) bond motifs is 2. The van der Waals surface area contributed by atoms with Gasteiger partial charge in [0.05, 0.1) is 12.1 Å². The predicted octanol–water partition coefficient (Wildman–Crippen LogP) is 2.01. The number of ether oxygens (including phenoxy) is 1. The molecule has 8 heteroatoms. The third-order valence-corrected chi connectivity index (χ3v) is 6.41. The summed E-state index contributed by atoms with van der Waals surface area (Å²) in [4.78, 5) is 35.3. The van der Waals surface area contributed by atoms with Gasteiger partial charge in [-0.05, 0) is 50.3 Å². The molecule has 4 aliphatic rings. The Hall–Kier alpha value is -3.13. The van der Waals surface area contributed by atoms with Gasteiger partial charge in [0.2, 0.25) is 0 Å². The van der Waals surface area contributed by atoms with E-state index in [9.17, 15) is 9.59 Å². The van der Waals surface area contributed by atoms with Crippen molar-refractivity contribution in [2.75, 3.05) is 24.6 Å². The lowest BCUT2D eigenvalue weighted by Gasteiger charge is -2.35. The lowest BCUT2D eigenvalue weighted by Crippen LogP contribution is -2.44. The van der Waals surface area contributed by atoms with Crippen molar-refractivity contribution < 1.29 is 14.3 Å². The first-order chi connectivity index (χ1) is 14.9. The topological polar surface area (TPSA) is 92.0 Å². The van der Waals surface area contributed by atoms with E-state index in [4.69, 9.17) is 10.5 Å². The van der Waals surface area contributed by atoms with Crippen molar-refractivity contribution in [2.45, 2.75) is 38.4 Å². The first-order valence-corrected chi connectivity index (χ1v) is 10.8. The van der Waals surface area contributed by atoms with Crippen LogP contribution in [0.15, 0.2) is 48.5 Å². The molecule has 3 atom stereocenters. The number of nitrogens with zero attached hydrogens (tertiary/aromatic N) is 4. The first-order valence-electron chi connectivity index (χ1n) is 10.8. The maximum atomic E-state index is 13.0. The number of nitrogens with two attached hydrogens (primary N) is 1. The number of piperidine rings is 1. The van der Waals surface area contributed by atoms with E-state index in [0.29, 0.717) is 47.8 Å². The van der Waals surface area contributed by atoms with Gasteiger partial charge in [-0.25, -0.2) is 4.98 Å². The van der Waals surface area contributed by atoms with Crippen molar-refractivity contribution in [3.63, 3.8) is 0 Å². The fourth-order valence-electron chi connectivity index (χ4n) is 4.67. The normalized spacial score (nSPS) is 26.5. The molecule has 31 heavy (non-hydrogen) atoms. The number of anilines is 1. The minimum Gasteiger partial charge on any atom is -0.488 e. The molecule has 4 heterocycles. The van der Waals surface area contributed by atoms with Crippen LogP contribution >= 0.6 is 0 Å². The Balaban J connectivity index is 1.37. The van der Waals surface area contributed by atoms with Crippen LogP contribution in [0.1, 0.15) is 36.5 Å². The summed E-state index contributed by atoms with van der Waals surface area (Å²) in [5.41, 5.74) is 8.04. The third kappa shape index (κ3) is 3.50. The zero-order chi connectivity index (χ0) is 21.7. The standard InChI is InChI=1S/C23H27N5O3/c1-14(2)22(29)28-7-5-17(12-20(28)24)26-8-9-31-19-11-16(13-25-21(19)26)23(30)27-6-3-4-15-10-18(15)27/h5,7,11-13,15,18,20H,1,3-4,6,8-10,24H2,2H3. The number of aromatic nitrogens is 1. The van der Waals surface area contributed by atoms with E-state index in [1.807, 2.05) is 22.0 Å². The zero-order valence-electron chi connectivity index (χ0n) is 17.7. The number of pyridine rings is 1. The fourth-order valence-corrected chi connectivity index (χ4v) is 4.67. The number of carbonyl (C=O) groups excluding carboxylic acids is 2. The highest BCUT2D eigenvalue weighted by Crippen LogP contribution is 2.44. The average molecular weight is 422 g/mol. The van der Waals surface area contributed by atoms with Gasteiger partial charge >= 0.3 is 0 Å². The second-order valence-corrected chi connectivity index (χ2v) is 8.64. The van der Waals surface area contributed by atoms with Crippen LogP contribution in [0.3, 0.4) is 0 Å². The molecule has 1 aromatic heterocycles. The van der Waals surface area contributed by atoms with Gasteiger partial charge in [0.25, 0.3) is 11.8 Å². The molecule has 0 aromatic carbocycles. The molecule has 1 aliphatic carbocycles. The quantitative estimate of drug-likeness (QED) is 0.751. The molecular weight excluding hydrogens is 394 g/mol. The smallest absolute Gasteiger partial charge is 0.255 e. The summed E-state index contributed by atoms with van der Waals surface area (Å²) in [5.74, 6) is 1.74. The maximum Gasteiger partial charge on any atom is 0.255 e. The van der Waals surface area contributed by atoms with Crippen LogP contribution in [-0.4, -0.2) is 58.5 Å². The number of hydrogen-bond acceptors (Lipinski definition) is 6. The summed E-state index contributed by atoms with van der Waals surface area (Å²) in [7, 11) is 0. The van der Waals surface area contributed by atoms with Gasteiger partial charge in [-0.2, -0.15) is 0 Å². The minimum atomic E-state index is -0.595. The number of allylic oxidation sites excluding steroid dienone is 1. The lowest BCUT2D eigenvalue weighted by molar-refractivity contribution is -0.125.